The number of fused-ring (bicyclic) bond motifs is 2. The van der Waals surface area contributed by atoms with Gasteiger partial charge in [0.1, 0.15) is 5.75 Å². The highest BCUT2D eigenvalue weighted by Gasteiger charge is 2.10. The van der Waals surface area contributed by atoms with Gasteiger partial charge in [0.2, 0.25) is 0 Å². The molecule has 0 heterocycles. The van der Waals surface area contributed by atoms with Gasteiger partial charge < -0.3 is 5.11 Å². The summed E-state index contributed by atoms with van der Waals surface area (Å²) in [6.45, 7) is 0. The first-order valence-corrected chi connectivity index (χ1v) is 9.56. The van der Waals surface area contributed by atoms with E-state index in [1.54, 1.807) is 0 Å². The van der Waals surface area contributed by atoms with E-state index in [-0.39, 0.29) is 0 Å². The summed E-state index contributed by atoms with van der Waals surface area (Å²) in [6, 6.07) is 35.5. The maximum absolute atomic E-state index is 11.0. The zero-order chi connectivity index (χ0) is 18.9. The van der Waals surface area contributed by atoms with Crippen molar-refractivity contribution in [1.82, 2.24) is 0 Å². The average molecular weight is 360 g/mol. The topological polar surface area (TPSA) is 20.2 Å². The highest BCUT2D eigenvalue weighted by atomic mass is 16.3. The minimum Gasteiger partial charge on any atom is -0.507 e. The molecule has 5 aromatic rings. The highest BCUT2D eigenvalue weighted by Crippen LogP contribution is 2.35. The van der Waals surface area contributed by atoms with Gasteiger partial charge in [-0.15, -0.1) is 0 Å². The Balaban J connectivity index is 1.53. The van der Waals surface area contributed by atoms with Crippen LogP contribution in [0.5, 0.6) is 5.75 Å². The molecular formula is C27H20O. The molecule has 28 heavy (non-hydrogen) atoms. The van der Waals surface area contributed by atoms with Gasteiger partial charge in [0.05, 0.1) is 0 Å². The quantitative estimate of drug-likeness (QED) is 0.369. The summed E-state index contributed by atoms with van der Waals surface area (Å²) >= 11 is 0. The summed E-state index contributed by atoms with van der Waals surface area (Å²) in [7, 11) is 0. The monoisotopic (exact) mass is 360 g/mol. The molecule has 0 bridgehead atoms. The number of rotatable bonds is 3. The summed E-state index contributed by atoms with van der Waals surface area (Å²) in [6.07, 6.45) is 0.706. The van der Waals surface area contributed by atoms with Crippen LogP contribution >= 0.6 is 0 Å². The van der Waals surface area contributed by atoms with Crippen LogP contribution in [0.15, 0.2) is 103 Å². The Bertz CT molecular complexity index is 1300. The molecule has 0 saturated carbocycles. The van der Waals surface area contributed by atoms with Crippen LogP contribution in [0, 0.1) is 0 Å². The Kier molecular flexibility index (Phi) is 4.06. The molecule has 0 fully saturated rings. The maximum atomic E-state index is 11.0. The summed E-state index contributed by atoms with van der Waals surface area (Å²) < 4.78 is 0. The molecule has 0 saturated heterocycles. The van der Waals surface area contributed by atoms with Crippen molar-refractivity contribution in [3.05, 3.63) is 114 Å². The number of phenolic OH excluding ortho intramolecular Hbond substituents is 1. The molecule has 0 aliphatic heterocycles. The van der Waals surface area contributed by atoms with Crippen molar-refractivity contribution in [1.29, 1.82) is 0 Å². The van der Waals surface area contributed by atoms with Gasteiger partial charge in [-0.2, -0.15) is 0 Å². The van der Waals surface area contributed by atoms with Crippen molar-refractivity contribution in [3.8, 4) is 16.9 Å². The number of hydrogen-bond donors (Lipinski definition) is 1. The summed E-state index contributed by atoms with van der Waals surface area (Å²) in [5.41, 5.74) is 4.06. The zero-order valence-electron chi connectivity index (χ0n) is 15.5. The summed E-state index contributed by atoms with van der Waals surface area (Å²) in [5.74, 6) is 0.367. The Morgan fingerprint density at radius 2 is 1.18 bits per heavy atom. The standard InChI is InChI=1S/C27H20O/c28-27-25(17-19-12-13-20-6-1-3-8-22(20)16-19)10-5-11-26(27)24-15-14-21-7-2-4-9-23(21)18-24/h1-16,18,28H,17H2. The van der Waals surface area contributed by atoms with E-state index < -0.39 is 0 Å². The Morgan fingerprint density at radius 3 is 1.93 bits per heavy atom. The fraction of sp³-hybridized carbons (Fsp3) is 0.0370. The van der Waals surface area contributed by atoms with Crippen molar-refractivity contribution in [2.24, 2.45) is 0 Å². The van der Waals surface area contributed by atoms with E-state index in [0.717, 1.165) is 16.7 Å². The van der Waals surface area contributed by atoms with Gasteiger partial charge in [0.15, 0.2) is 0 Å². The van der Waals surface area contributed by atoms with Crippen molar-refractivity contribution >= 4 is 21.5 Å². The largest absolute Gasteiger partial charge is 0.507 e. The molecule has 0 aromatic heterocycles. The fourth-order valence-electron chi connectivity index (χ4n) is 3.89. The molecule has 0 radical (unpaired) electrons. The predicted molar refractivity (Wildman–Crippen MR) is 118 cm³/mol. The number of aromatic hydroxyl groups is 1. The normalized spacial score (nSPS) is 11.1. The van der Waals surface area contributed by atoms with Crippen LogP contribution in [0.1, 0.15) is 11.1 Å². The molecule has 0 aliphatic carbocycles. The molecule has 0 amide bonds. The van der Waals surface area contributed by atoms with Gasteiger partial charge >= 0.3 is 0 Å². The number of hydrogen-bond acceptors (Lipinski definition) is 1. The van der Waals surface area contributed by atoms with Crippen LogP contribution < -0.4 is 0 Å². The first-order chi connectivity index (χ1) is 13.8. The maximum Gasteiger partial charge on any atom is 0.126 e. The highest BCUT2D eigenvalue weighted by molar-refractivity contribution is 5.88. The second kappa shape index (κ2) is 6.86. The Morgan fingerprint density at radius 1 is 0.536 bits per heavy atom. The molecule has 1 N–H and O–H groups in total. The Labute approximate surface area is 164 Å². The van der Waals surface area contributed by atoms with Crippen molar-refractivity contribution in [2.75, 3.05) is 0 Å². The molecule has 5 aromatic carbocycles. The SMILES string of the molecule is Oc1c(Cc2ccc3ccccc3c2)cccc1-c1ccc2ccccc2c1. The predicted octanol–water partition coefficient (Wildman–Crippen LogP) is 6.96. The first-order valence-electron chi connectivity index (χ1n) is 9.56. The molecule has 5 rings (SSSR count). The van der Waals surface area contributed by atoms with E-state index in [1.807, 2.05) is 30.3 Å². The van der Waals surface area contributed by atoms with E-state index in [4.69, 9.17) is 0 Å². The van der Waals surface area contributed by atoms with Gasteiger partial charge in [-0.05, 0) is 44.3 Å². The van der Waals surface area contributed by atoms with Crippen LogP contribution in [0.25, 0.3) is 32.7 Å². The second-order valence-electron chi connectivity index (χ2n) is 7.23. The third-order valence-electron chi connectivity index (χ3n) is 5.39. The minimum absolute atomic E-state index is 0.367. The van der Waals surface area contributed by atoms with Crippen LogP contribution in [0.4, 0.5) is 0 Å². The molecule has 1 nitrogen and oxygen atoms in total. The van der Waals surface area contributed by atoms with Crippen molar-refractivity contribution < 1.29 is 5.11 Å². The zero-order valence-corrected chi connectivity index (χ0v) is 15.5. The van der Waals surface area contributed by atoms with Crippen molar-refractivity contribution in [2.45, 2.75) is 6.42 Å². The number of para-hydroxylation sites is 1. The molecule has 0 spiro atoms. The summed E-state index contributed by atoms with van der Waals surface area (Å²) in [4.78, 5) is 0. The molecule has 134 valence electrons. The molecule has 0 unspecified atom stereocenters. The lowest BCUT2D eigenvalue weighted by atomic mass is 9.95. The second-order valence-corrected chi connectivity index (χ2v) is 7.23. The molecule has 1 heteroatoms. The lowest BCUT2D eigenvalue weighted by Crippen LogP contribution is -1.91. The molecule has 0 aliphatic rings. The average Bonchev–Trinajstić information content (AvgIpc) is 2.75. The van der Waals surface area contributed by atoms with Gasteiger partial charge in [-0.25, -0.2) is 0 Å². The van der Waals surface area contributed by atoms with E-state index in [2.05, 4.69) is 72.8 Å². The van der Waals surface area contributed by atoms with Gasteiger partial charge in [0, 0.05) is 12.0 Å². The third kappa shape index (κ3) is 3.01. The van der Waals surface area contributed by atoms with E-state index in [9.17, 15) is 5.11 Å². The molecular weight excluding hydrogens is 340 g/mol. The van der Waals surface area contributed by atoms with E-state index >= 15 is 0 Å². The minimum atomic E-state index is 0.367. The molecule has 0 atom stereocenters. The van der Waals surface area contributed by atoms with E-state index in [1.165, 1.54) is 27.1 Å². The van der Waals surface area contributed by atoms with Crippen LogP contribution in [0.3, 0.4) is 0 Å². The number of benzene rings is 5. The number of phenols is 1. The fourth-order valence-corrected chi connectivity index (χ4v) is 3.89. The lowest BCUT2D eigenvalue weighted by Gasteiger charge is -2.12. The first kappa shape index (κ1) is 16.6. The van der Waals surface area contributed by atoms with Crippen LogP contribution in [-0.2, 0) is 6.42 Å². The smallest absolute Gasteiger partial charge is 0.126 e. The Hall–Kier alpha value is -3.58. The third-order valence-corrected chi connectivity index (χ3v) is 5.39. The van der Waals surface area contributed by atoms with Crippen LogP contribution in [-0.4, -0.2) is 5.11 Å². The van der Waals surface area contributed by atoms with Crippen molar-refractivity contribution in [3.63, 3.8) is 0 Å². The lowest BCUT2D eigenvalue weighted by molar-refractivity contribution is 0.471. The van der Waals surface area contributed by atoms with Gasteiger partial charge in [0.25, 0.3) is 0 Å². The van der Waals surface area contributed by atoms with E-state index in [0.29, 0.717) is 12.2 Å². The van der Waals surface area contributed by atoms with Gasteiger partial charge in [-0.1, -0.05) is 97.1 Å². The van der Waals surface area contributed by atoms with Crippen LogP contribution in [0.2, 0.25) is 0 Å². The summed E-state index contributed by atoms with van der Waals surface area (Å²) in [5, 5.41) is 15.8. The van der Waals surface area contributed by atoms with Gasteiger partial charge in [-0.3, -0.25) is 0 Å².